The van der Waals surface area contributed by atoms with Crippen LogP contribution in [0.2, 0.25) is 0 Å². The van der Waals surface area contributed by atoms with E-state index in [-0.39, 0.29) is 35.7 Å². The van der Waals surface area contributed by atoms with E-state index in [0.29, 0.717) is 17.9 Å². The number of dihydropyridines is 1. The zero-order valence-electron chi connectivity index (χ0n) is 23.0. The number of esters is 2. The van der Waals surface area contributed by atoms with E-state index >= 15 is 0 Å². The first-order valence-corrected chi connectivity index (χ1v) is 13.4. The summed E-state index contributed by atoms with van der Waals surface area (Å²) in [5.41, 5.74) is 2.64. The summed E-state index contributed by atoms with van der Waals surface area (Å²) in [4.78, 5) is 31.1. The number of hydrogen-bond acceptors (Lipinski definition) is 8. The number of ether oxygens (including phenoxy) is 3. The third kappa shape index (κ3) is 6.80. The molecule has 0 bridgehead atoms. The van der Waals surface area contributed by atoms with Crippen LogP contribution in [0.15, 0.2) is 77.1 Å². The summed E-state index contributed by atoms with van der Waals surface area (Å²) in [7, 11) is 0. The molecule has 0 radical (unpaired) electrons. The molecular formula is C30H35F2N3O5. The molecule has 1 fully saturated rings. The molecule has 10 heteroatoms. The summed E-state index contributed by atoms with van der Waals surface area (Å²) in [6.45, 7) is 6.12. The topological polar surface area (TPSA) is 80.3 Å². The minimum atomic E-state index is -3.08. The Hall–Kier alpha value is -3.92. The minimum absolute atomic E-state index is 0.109. The van der Waals surface area contributed by atoms with Gasteiger partial charge in [0.25, 0.3) is 0 Å². The van der Waals surface area contributed by atoms with E-state index in [1.807, 2.05) is 18.2 Å². The lowest BCUT2D eigenvalue weighted by atomic mass is 9.80. The van der Waals surface area contributed by atoms with E-state index < -0.39 is 24.5 Å². The quantitative estimate of drug-likeness (QED) is 0.431. The zero-order valence-corrected chi connectivity index (χ0v) is 23.0. The Labute approximate surface area is 233 Å². The fraction of sp³-hybridized carbons (Fsp3) is 0.400. The molecule has 40 heavy (non-hydrogen) atoms. The van der Waals surface area contributed by atoms with Gasteiger partial charge in [-0.1, -0.05) is 36.4 Å². The Morgan fingerprint density at radius 1 is 0.900 bits per heavy atom. The van der Waals surface area contributed by atoms with Crippen molar-refractivity contribution < 1.29 is 32.6 Å². The van der Waals surface area contributed by atoms with Gasteiger partial charge in [0.15, 0.2) is 0 Å². The first-order chi connectivity index (χ1) is 19.3. The standard InChI is InChI=1S/C30H35F2N3O5/c1-4-38-28(36)25-20(2)33-21(3)26(27(25)23-12-8-9-13-24(23)40-30(31)32)29(37)39-19-18-34-14-16-35(17-15-34)22-10-6-5-7-11-22/h5-13,27,30,33H,4,14-19H2,1-3H3. The predicted molar refractivity (Wildman–Crippen MR) is 147 cm³/mol. The number of carbonyl (C=O) groups excluding carboxylic acids is 2. The van der Waals surface area contributed by atoms with Crippen LogP contribution in [0.5, 0.6) is 5.75 Å². The summed E-state index contributed by atoms with van der Waals surface area (Å²) >= 11 is 0. The van der Waals surface area contributed by atoms with Gasteiger partial charge in [0.05, 0.1) is 23.7 Å². The predicted octanol–water partition coefficient (Wildman–Crippen LogP) is 4.45. The fourth-order valence-corrected chi connectivity index (χ4v) is 5.19. The molecule has 0 saturated carbocycles. The van der Waals surface area contributed by atoms with Crippen LogP contribution in [0.25, 0.3) is 0 Å². The number of para-hydroxylation sites is 2. The number of halogens is 2. The zero-order chi connectivity index (χ0) is 28.6. The van der Waals surface area contributed by atoms with Crippen LogP contribution in [0, 0.1) is 0 Å². The number of nitrogens with one attached hydrogen (secondary N) is 1. The van der Waals surface area contributed by atoms with Gasteiger partial charge >= 0.3 is 18.6 Å². The van der Waals surface area contributed by atoms with Crippen LogP contribution in [0.4, 0.5) is 14.5 Å². The van der Waals surface area contributed by atoms with Gasteiger partial charge in [0.1, 0.15) is 12.4 Å². The highest BCUT2D eigenvalue weighted by atomic mass is 19.3. The third-order valence-corrected chi connectivity index (χ3v) is 7.06. The molecule has 2 aliphatic heterocycles. The number of hydrogen-bond donors (Lipinski definition) is 1. The SMILES string of the molecule is CCOC(=O)C1=C(C)NC(C)=C(C(=O)OCCN2CCN(c3ccccc3)CC2)C1c1ccccc1OC(F)F. The lowest BCUT2D eigenvalue weighted by Gasteiger charge is -2.36. The van der Waals surface area contributed by atoms with Gasteiger partial charge in [-0.2, -0.15) is 8.78 Å². The molecule has 2 aromatic rings. The van der Waals surface area contributed by atoms with Gasteiger partial charge in [0.2, 0.25) is 0 Å². The summed E-state index contributed by atoms with van der Waals surface area (Å²) in [5.74, 6) is -2.44. The molecule has 0 aliphatic carbocycles. The van der Waals surface area contributed by atoms with E-state index in [4.69, 9.17) is 14.2 Å². The van der Waals surface area contributed by atoms with Crippen molar-refractivity contribution in [3.8, 4) is 5.75 Å². The van der Waals surface area contributed by atoms with E-state index in [9.17, 15) is 18.4 Å². The number of benzene rings is 2. The maximum atomic E-state index is 13.5. The molecule has 8 nitrogen and oxygen atoms in total. The van der Waals surface area contributed by atoms with Crippen LogP contribution >= 0.6 is 0 Å². The molecule has 214 valence electrons. The molecule has 2 aliphatic rings. The van der Waals surface area contributed by atoms with Crippen molar-refractivity contribution in [2.24, 2.45) is 0 Å². The first kappa shape index (κ1) is 29.1. The first-order valence-electron chi connectivity index (χ1n) is 13.4. The molecule has 1 saturated heterocycles. The third-order valence-electron chi connectivity index (χ3n) is 7.06. The number of anilines is 1. The second kappa shape index (κ2) is 13.4. The van der Waals surface area contributed by atoms with Gasteiger partial charge in [0, 0.05) is 55.4 Å². The van der Waals surface area contributed by atoms with Crippen molar-refractivity contribution >= 4 is 17.6 Å². The highest BCUT2D eigenvalue weighted by Crippen LogP contribution is 2.43. The maximum Gasteiger partial charge on any atom is 0.387 e. The molecule has 2 heterocycles. The van der Waals surface area contributed by atoms with Crippen molar-refractivity contribution in [1.82, 2.24) is 10.2 Å². The molecule has 0 amide bonds. The Balaban J connectivity index is 1.50. The Kier molecular flexibility index (Phi) is 9.76. The van der Waals surface area contributed by atoms with E-state index in [0.717, 1.165) is 26.2 Å². The van der Waals surface area contributed by atoms with Crippen molar-refractivity contribution in [2.75, 3.05) is 50.8 Å². The molecule has 1 atom stereocenters. The molecule has 0 aromatic heterocycles. The molecule has 2 aromatic carbocycles. The second-order valence-electron chi connectivity index (χ2n) is 9.57. The minimum Gasteiger partial charge on any atom is -0.463 e. The Morgan fingerprint density at radius 3 is 2.12 bits per heavy atom. The highest BCUT2D eigenvalue weighted by Gasteiger charge is 2.39. The van der Waals surface area contributed by atoms with E-state index in [1.54, 1.807) is 39.0 Å². The summed E-state index contributed by atoms with van der Waals surface area (Å²) < 4.78 is 42.3. The van der Waals surface area contributed by atoms with Crippen molar-refractivity contribution in [3.05, 3.63) is 82.7 Å². The number of alkyl halides is 2. The highest BCUT2D eigenvalue weighted by molar-refractivity contribution is 6.00. The smallest absolute Gasteiger partial charge is 0.387 e. The number of carbonyl (C=O) groups is 2. The number of nitrogens with zero attached hydrogens (tertiary/aromatic N) is 2. The number of piperazine rings is 1. The van der Waals surface area contributed by atoms with Crippen molar-refractivity contribution in [3.63, 3.8) is 0 Å². The summed E-state index contributed by atoms with van der Waals surface area (Å²) in [5, 5.41) is 3.07. The largest absolute Gasteiger partial charge is 0.463 e. The molecule has 4 rings (SSSR count). The van der Waals surface area contributed by atoms with Gasteiger partial charge in [-0.05, 0) is 39.0 Å². The normalized spacial score (nSPS) is 18.1. The molecular weight excluding hydrogens is 520 g/mol. The Morgan fingerprint density at radius 2 is 1.50 bits per heavy atom. The van der Waals surface area contributed by atoms with Gasteiger partial charge < -0.3 is 24.4 Å². The van der Waals surface area contributed by atoms with Crippen LogP contribution in [-0.4, -0.2) is 69.4 Å². The summed E-state index contributed by atoms with van der Waals surface area (Å²) in [6.07, 6.45) is 0. The van der Waals surface area contributed by atoms with Crippen LogP contribution in [0.1, 0.15) is 32.3 Å². The van der Waals surface area contributed by atoms with Crippen LogP contribution in [-0.2, 0) is 19.1 Å². The van der Waals surface area contributed by atoms with Gasteiger partial charge in [-0.3, -0.25) is 4.90 Å². The second-order valence-corrected chi connectivity index (χ2v) is 9.57. The lowest BCUT2D eigenvalue weighted by Crippen LogP contribution is -2.47. The molecule has 0 spiro atoms. The van der Waals surface area contributed by atoms with E-state index in [2.05, 4.69) is 27.2 Å². The Bertz CT molecular complexity index is 1260. The number of rotatable bonds is 10. The number of allylic oxidation sites excluding steroid dienone is 2. The monoisotopic (exact) mass is 555 g/mol. The van der Waals surface area contributed by atoms with Gasteiger partial charge in [-0.15, -0.1) is 0 Å². The molecule has 1 N–H and O–H groups in total. The van der Waals surface area contributed by atoms with Crippen LogP contribution in [0.3, 0.4) is 0 Å². The van der Waals surface area contributed by atoms with Crippen molar-refractivity contribution in [1.29, 1.82) is 0 Å². The van der Waals surface area contributed by atoms with E-state index in [1.165, 1.54) is 11.8 Å². The maximum absolute atomic E-state index is 13.5. The van der Waals surface area contributed by atoms with Crippen molar-refractivity contribution in [2.45, 2.75) is 33.3 Å². The molecule has 1 unspecified atom stereocenters. The average molecular weight is 556 g/mol. The van der Waals surface area contributed by atoms with Gasteiger partial charge in [-0.25, -0.2) is 9.59 Å². The summed E-state index contributed by atoms with van der Waals surface area (Å²) in [6, 6.07) is 16.4. The van der Waals surface area contributed by atoms with Crippen LogP contribution < -0.4 is 15.0 Å². The lowest BCUT2D eigenvalue weighted by molar-refractivity contribution is -0.140. The fourth-order valence-electron chi connectivity index (χ4n) is 5.19. The average Bonchev–Trinajstić information content (AvgIpc) is 2.93.